The summed E-state index contributed by atoms with van der Waals surface area (Å²) in [6, 6.07) is 9.76. The van der Waals surface area contributed by atoms with Crippen molar-refractivity contribution in [1.82, 2.24) is 5.06 Å². The minimum atomic E-state index is -0.415. The van der Waals surface area contributed by atoms with Crippen molar-refractivity contribution < 1.29 is 18.8 Å². The highest BCUT2D eigenvalue weighted by molar-refractivity contribution is 7.12. The van der Waals surface area contributed by atoms with Gasteiger partial charge in [-0.25, -0.2) is 9.79 Å². The number of amidine groups is 1. The number of rotatable bonds is 7. The summed E-state index contributed by atoms with van der Waals surface area (Å²) < 4.78 is 17.5. The average molecular weight is 388 g/mol. The molecule has 0 saturated carbocycles. The van der Waals surface area contributed by atoms with Crippen LogP contribution in [0.25, 0.3) is 5.70 Å². The lowest BCUT2D eigenvalue weighted by Gasteiger charge is -2.27. The lowest BCUT2D eigenvalue weighted by molar-refractivity contribution is -0.0445. The van der Waals surface area contributed by atoms with E-state index in [1.165, 1.54) is 24.0 Å². The molecule has 1 aliphatic rings. The quantitative estimate of drug-likeness (QED) is 0.643. The van der Waals surface area contributed by atoms with Gasteiger partial charge < -0.3 is 9.57 Å². The molecular formula is C20H21FN2O3S. The molecule has 0 radical (unpaired) electrons. The molecule has 0 aliphatic carbocycles. The Morgan fingerprint density at radius 3 is 2.81 bits per heavy atom. The fraction of sp³-hybridized carbons (Fsp3) is 0.300. The third-order valence-electron chi connectivity index (χ3n) is 4.08. The van der Waals surface area contributed by atoms with Gasteiger partial charge in [-0.1, -0.05) is 29.8 Å². The first-order chi connectivity index (χ1) is 13.1. The molecule has 0 bridgehead atoms. The maximum atomic E-state index is 12.7. The molecule has 1 aromatic carbocycles. The Labute approximate surface area is 161 Å². The summed E-state index contributed by atoms with van der Waals surface area (Å²) in [6.45, 7) is 2.02. The number of aliphatic imine (C=N–C) groups is 1. The van der Waals surface area contributed by atoms with Crippen LogP contribution in [0.3, 0.4) is 0 Å². The van der Waals surface area contributed by atoms with Gasteiger partial charge in [-0.05, 0) is 30.4 Å². The second-order valence-corrected chi connectivity index (χ2v) is 7.05. The summed E-state index contributed by atoms with van der Waals surface area (Å²) in [5.41, 5.74) is 3.72. The summed E-state index contributed by atoms with van der Waals surface area (Å²) in [5.74, 6) is 0.301. The van der Waals surface area contributed by atoms with E-state index in [9.17, 15) is 9.18 Å². The second-order valence-electron chi connectivity index (χ2n) is 6.14. The Morgan fingerprint density at radius 1 is 1.33 bits per heavy atom. The Hall–Kier alpha value is -2.67. The number of aryl methyl sites for hydroxylation is 1. The van der Waals surface area contributed by atoms with Crippen LogP contribution in [0.1, 0.15) is 39.2 Å². The lowest BCUT2D eigenvalue weighted by Crippen LogP contribution is -2.31. The largest absolute Gasteiger partial charge is 0.465 e. The van der Waals surface area contributed by atoms with E-state index in [0.29, 0.717) is 35.8 Å². The van der Waals surface area contributed by atoms with Crippen molar-refractivity contribution in [3.05, 3.63) is 63.5 Å². The summed E-state index contributed by atoms with van der Waals surface area (Å²) in [4.78, 5) is 22.6. The van der Waals surface area contributed by atoms with Crippen molar-refractivity contribution in [2.45, 2.75) is 26.3 Å². The minimum absolute atomic E-state index is 0.362. The molecule has 1 aromatic heterocycles. The van der Waals surface area contributed by atoms with Crippen LogP contribution in [-0.4, -0.2) is 30.7 Å². The standard InChI is InChI=1S/C20H21FN2O3S/c1-14-5-7-16(8-6-14)17-12-26-23(19(22-17)4-3-9-21)11-15-10-18(27-13-15)20(24)25-2/h5-8,10,12-13H,3-4,9,11H2,1-2H3. The minimum Gasteiger partial charge on any atom is -0.465 e. The molecular weight excluding hydrogens is 367 g/mol. The highest BCUT2D eigenvalue weighted by Crippen LogP contribution is 2.25. The van der Waals surface area contributed by atoms with Gasteiger partial charge in [-0.3, -0.25) is 4.39 Å². The van der Waals surface area contributed by atoms with Crippen molar-refractivity contribution in [1.29, 1.82) is 0 Å². The van der Waals surface area contributed by atoms with Crippen LogP contribution in [0.5, 0.6) is 0 Å². The molecule has 0 saturated heterocycles. The van der Waals surface area contributed by atoms with Gasteiger partial charge >= 0.3 is 5.97 Å². The molecule has 7 heteroatoms. The van der Waals surface area contributed by atoms with Crippen molar-refractivity contribution in [2.24, 2.45) is 4.99 Å². The lowest BCUT2D eigenvalue weighted by atomic mass is 10.1. The van der Waals surface area contributed by atoms with E-state index in [0.717, 1.165) is 11.1 Å². The van der Waals surface area contributed by atoms with Gasteiger partial charge in [-0.2, -0.15) is 5.06 Å². The highest BCUT2D eigenvalue weighted by atomic mass is 32.1. The molecule has 0 atom stereocenters. The van der Waals surface area contributed by atoms with E-state index >= 15 is 0 Å². The normalized spacial score (nSPS) is 13.7. The molecule has 1 aliphatic heterocycles. The SMILES string of the molecule is COC(=O)c1cc(CN2OC=C(c3ccc(C)cc3)N=C2CCCF)cs1. The molecule has 142 valence electrons. The Kier molecular flexibility index (Phi) is 6.24. The van der Waals surface area contributed by atoms with Crippen LogP contribution in [-0.2, 0) is 16.1 Å². The number of thiophene rings is 1. The maximum absolute atomic E-state index is 12.7. The third kappa shape index (κ3) is 4.74. The molecule has 27 heavy (non-hydrogen) atoms. The second kappa shape index (κ2) is 8.81. The molecule has 2 aromatic rings. The maximum Gasteiger partial charge on any atom is 0.348 e. The first kappa shape index (κ1) is 19.1. The zero-order chi connectivity index (χ0) is 19.2. The fourth-order valence-corrected chi connectivity index (χ4v) is 3.44. The number of carbonyl (C=O) groups excluding carboxylic acids is 1. The average Bonchev–Trinajstić information content (AvgIpc) is 3.16. The van der Waals surface area contributed by atoms with E-state index in [4.69, 9.17) is 9.57 Å². The molecule has 5 nitrogen and oxygen atoms in total. The van der Waals surface area contributed by atoms with E-state index in [1.807, 2.05) is 36.6 Å². The van der Waals surface area contributed by atoms with Gasteiger partial charge in [0.25, 0.3) is 0 Å². The van der Waals surface area contributed by atoms with Crippen LogP contribution in [0.4, 0.5) is 4.39 Å². The molecule has 0 fully saturated rings. The molecule has 0 spiro atoms. The van der Waals surface area contributed by atoms with Crippen molar-refractivity contribution in [2.75, 3.05) is 13.8 Å². The number of hydrogen-bond donors (Lipinski definition) is 0. The predicted molar refractivity (Wildman–Crippen MR) is 104 cm³/mol. The van der Waals surface area contributed by atoms with Gasteiger partial charge in [-0.15, -0.1) is 11.3 Å². The van der Waals surface area contributed by atoms with Crippen LogP contribution >= 0.6 is 11.3 Å². The molecule has 0 unspecified atom stereocenters. The fourth-order valence-electron chi connectivity index (χ4n) is 2.62. The van der Waals surface area contributed by atoms with Gasteiger partial charge in [0.2, 0.25) is 0 Å². The number of ether oxygens (including phenoxy) is 1. The summed E-state index contributed by atoms with van der Waals surface area (Å²) in [5, 5.41) is 3.51. The summed E-state index contributed by atoms with van der Waals surface area (Å²) >= 11 is 1.32. The number of benzene rings is 1. The first-order valence-corrected chi connectivity index (χ1v) is 9.49. The smallest absolute Gasteiger partial charge is 0.348 e. The van der Waals surface area contributed by atoms with Crippen LogP contribution < -0.4 is 0 Å². The van der Waals surface area contributed by atoms with E-state index in [-0.39, 0.29) is 5.97 Å². The molecule has 0 N–H and O–H groups in total. The number of nitrogens with zero attached hydrogens (tertiary/aromatic N) is 2. The zero-order valence-electron chi connectivity index (χ0n) is 15.3. The summed E-state index contributed by atoms with van der Waals surface area (Å²) in [6.07, 6.45) is 2.43. The Morgan fingerprint density at radius 2 is 2.11 bits per heavy atom. The predicted octanol–water partition coefficient (Wildman–Crippen LogP) is 4.74. The number of methoxy groups -OCH3 is 1. The number of alkyl halides is 1. The number of carbonyl (C=O) groups is 1. The van der Waals surface area contributed by atoms with Crippen molar-refractivity contribution >= 4 is 28.8 Å². The molecule has 0 amide bonds. The monoisotopic (exact) mass is 388 g/mol. The van der Waals surface area contributed by atoms with Gasteiger partial charge in [0.05, 0.1) is 20.3 Å². The van der Waals surface area contributed by atoms with Crippen molar-refractivity contribution in [3.63, 3.8) is 0 Å². The zero-order valence-corrected chi connectivity index (χ0v) is 16.1. The molecule has 3 rings (SSSR count). The van der Waals surface area contributed by atoms with Crippen LogP contribution in [0.15, 0.2) is 47.0 Å². The van der Waals surface area contributed by atoms with Crippen LogP contribution in [0.2, 0.25) is 0 Å². The number of halogens is 1. The van der Waals surface area contributed by atoms with Gasteiger partial charge in [0.15, 0.2) is 0 Å². The summed E-state index contributed by atoms with van der Waals surface area (Å²) in [7, 11) is 1.36. The highest BCUT2D eigenvalue weighted by Gasteiger charge is 2.20. The number of hydroxylamine groups is 2. The first-order valence-electron chi connectivity index (χ1n) is 8.61. The third-order valence-corrected chi connectivity index (χ3v) is 5.04. The van der Waals surface area contributed by atoms with Crippen molar-refractivity contribution in [3.8, 4) is 0 Å². The van der Waals surface area contributed by atoms with Crippen LogP contribution in [0, 0.1) is 6.92 Å². The Balaban J connectivity index is 1.77. The van der Waals surface area contributed by atoms with Gasteiger partial charge in [0.1, 0.15) is 22.7 Å². The molecule has 2 heterocycles. The van der Waals surface area contributed by atoms with E-state index in [2.05, 4.69) is 4.99 Å². The topological polar surface area (TPSA) is 51.1 Å². The van der Waals surface area contributed by atoms with E-state index < -0.39 is 6.67 Å². The number of esters is 1. The van der Waals surface area contributed by atoms with Gasteiger partial charge in [0, 0.05) is 12.0 Å². The number of hydrogen-bond acceptors (Lipinski definition) is 6. The Bertz CT molecular complexity index is 858. The van der Waals surface area contributed by atoms with E-state index in [1.54, 1.807) is 17.4 Å².